The van der Waals surface area contributed by atoms with Crippen LogP contribution in [-0.4, -0.2) is 61.1 Å². The lowest BCUT2D eigenvalue weighted by atomic mass is 10.0. The Labute approximate surface area is 485 Å². The first-order chi connectivity index (χ1) is 40.1. The third kappa shape index (κ3) is 15.5. The van der Waals surface area contributed by atoms with E-state index in [1.165, 1.54) is 37.2 Å². The second kappa shape index (κ2) is 26.2. The normalized spacial score (nSPS) is 10.9. The average Bonchev–Trinajstić information content (AvgIpc) is 4.37. The van der Waals surface area contributed by atoms with Crippen LogP contribution in [0.25, 0.3) is 56.0 Å². The number of nitrogen functional groups attached to an aromatic ring is 1. The van der Waals surface area contributed by atoms with Gasteiger partial charge in [-0.3, -0.25) is 9.59 Å². The number of benzene rings is 8. The fourth-order valence-corrected chi connectivity index (χ4v) is 8.49. The average molecular weight is 1120 g/mol. The van der Waals surface area contributed by atoms with Crippen molar-refractivity contribution in [3.05, 3.63) is 241 Å². The molecular formula is C68H61N5O11. The van der Waals surface area contributed by atoms with Crippen molar-refractivity contribution in [3.63, 3.8) is 0 Å². The molecule has 84 heavy (non-hydrogen) atoms. The van der Waals surface area contributed by atoms with E-state index in [9.17, 15) is 34.2 Å². The Morgan fingerprint density at radius 1 is 0.452 bits per heavy atom. The number of amides is 2. The van der Waals surface area contributed by atoms with Gasteiger partial charge in [-0.05, 0) is 148 Å². The number of esters is 2. The minimum absolute atomic E-state index is 0.0228. The van der Waals surface area contributed by atoms with E-state index >= 15 is 0 Å². The van der Waals surface area contributed by atoms with Crippen LogP contribution in [0.4, 0.5) is 17.1 Å². The van der Waals surface area contributed by atoms with Crippen molar-refractivity contribution in [1.82, 2.24) is 9.97 Å². The molecule has 0 saturated heterocycles. The maximum Gasteiger partial charge on any atom is 0.340 e. The second-order valence-electron chi connectivity index (χ2n) is 21.1. The van der Waals surface area contributed by atoms with Gasteiger partial charge in [0.1, 0.15) is 17.0 Å². The van der Waals surface area contributed by atoms with Gasteiger partial charge in [0, 0.05) is 22.4 Å². The van der Waals surface area contributed by atoms with Crippen LogP contribution in [0, 0.1) is 6.92 Å². The largest absolute Gasteiger partial charge is 0.507 e. The minimum Gasteiger partial charge on any atom is -0.507 e. The summed E-state index contributed by atoms with van der Waals surface area (Å²) in [6.07, 6.45) is 5.68. The quantitative estimate of drug-likeness (QED) is 0.0564. The lowest BCUT2D eigenvalue weighted by Crippen LogP contribution is -2.25. The topological polar surface area (TPSA) is 246 Å². The van der Waals surface area contributed by atoms with Crippen molar-refractivity contribution in [2.45, 2.75) is 59.7 Å². The predicted molar refractivity (Wildman–Crippen MR) is 324 cm³/mol. The van der Waals surface area contributed by atoms with Crippen molar-refractivity contribution in [2.75, 3.05) is 16.4 Å². The summed E-state index contributed by atoms with van der Waals surface area (Å²) in [7, 11) is 0. The van der Waals surface area contributed by atoms with Crippen LogP contribution < -0.4 is 16.4 Å². The number of carboxylic acids is 1. The monoisotopic (exact) mass is 1120 g/mol. The number of carbonyl (C=O) groups is 5. The number of carboxylic acid groups (broad SMARTS) is 1. The third-order valence-corrected chi connectivity index (χ3v) is 12.5. The second-order valence-corrected chi connectivity index (χ2v) is 21.1. The molecule has 16 heteroatoms. The molecule has 0 aliphatic heterocycles. The highest BCUT2D eigenvalue weighted by molar-refractivity contribution is 6.11. The number of carbonyl (C=O) groups excluding carboxylic acids is 4. The number of hydrogen-bond acceptors (Lipinski definition) is 13. The van der Waals surface area contributed by atoms with E-state index in [-0.39, 0.29) is 34.0 Å². The van der Waals surface area contributed by atoms with E-state index in [0.29, 0.717) is 39.6 Å². The molecule has 424 valence electrons. The van der Waals surface area contributed by atoms with Gasteiger partial charge >= 0.3 is 17.9 Å². The van der Waals surface area contributed by atoms with E-state index in [1.54, 1.807) is 75.5 Å². The van der Waals surface area contributed by atoms with E-state index in [0.717, 1.165) is 44.5 Å². The SMILES string of the molecule is CC(C)(C)OC(=O)c1ccc(-c2ccccc2)cc1N.Cc1ccc(-c2cnco2)cc1C(=O)Nc1cc(-c2ccccc2)ccc1C(=O)OC(C)(C)C.O=C(Nc1cc(-c2ccccc2)ccc1C(=O)O)c1cc(-c2cnco2)ccc1O. The molecule has 0 unspecified atom stereocenters. The molecule has 0 aliphatic carbocycles. The molecule has 0 saturated carbocycles. The molecule has 2 heterocycles. The summed E-state index contributed by atoms with van der Waals surface area (Å²) in [4.78, 5) is 70.6. The fourth-order valence-electron chi connectivity index (χ4n) is 8.49. The number of oxazole rings is 2. The Bertz CT molecular complexity index is 3950. The number of ether oxygens (including phenoxy) is 2. The van der Waals surface area contributed by atoms with E-state index in [4.69, 9.17) is 24.0 Å². The summed E-state index contributed by atoms with van der Waals surface area (Å²) in [6, 6.07) is 54.3. The van der Waals surface area contributed by atoms with Gasteiger partial charge in [-0.25, -0.2) is 24.4 Å². The predicted octanol–water partition coefficient (Wildman–Crippen LogP) is 15.1. The van der Waals surface area contributed by atoms with Crippen LogP contribution in [0.5, 0.6) is 5.75 Å². The number of aromatic carboxylic acids is 1. The number of nitrogens with one attached hydrogen (secondary N) is 2. The number of hydrogen-bond donors (Lipinski definition) is 5. The van der Waals surface area contributed by atoms with Crippen LogP contribution in [0.15, 0.2) is 216 Å². The molecule has 0 radical (unpaired) electrons. The standard InChI is InChI=1S/C28H26N2O4.C23H16N2O5.C17H19NO2/c1-18-10-11-21(25-16-29-17-33-25)14-23(18)26(31)30-24-15-20(19-8-6-5-7-9-19)12-13-22(24)27(32)34-28(2,3)4;26-20-9-7-16(21-12-24-13-30-21)10-18(20)22(27)25-19-11-15(6-8-17(19)23(28)29)14-4-2-1-3-5-14;1-17(2,3)20-16(19)14-10-9-13(11-15(14)18)12-7-5-4-6-8-12/h5-17H,1-4H3,(H,30,31);1-13,26H,(H,25,27)(H,28,29);4-11H,18H2,1-3H3. The number of rotatable bonds is 12. The summed E-state index contributed by atoms with van der Waals surface area (Å²) in [5.41, 5.74) is 14.4. The van der Waals surface area contributed by atoms with Gasteiger partial charge in [-0.15, -0.1) is 0 Å². The fraction of sp³-hybridized carbons (Fsp3) is 0.132. The molecule has 10 rings (SSSR count). The van der Waals surface area contributed by atoms with Crippen LogP contribution >= 0.6 is 0 Å². The number of aromatic nitrogens is 2. The number of phenolic OH excluding ortho intramolecular Hbond substituents is 1. The highest BCUT2D eigenvalue weighted by atomic mass is 16.6. The summed E-state index contributed by atoms with van der Waals surface area (Å²) in [5.74, 6) is -2.31. The van der Waals surface area contributed by atoms with Crippen molar-refractivity contribution in [1.29, 1.82) is 0 Å². The number of anilines is 3. The van der Waals surface area contributed by atoms with Gasteiger partial charge in [0.2, 0.25) is 0 Å². The van der Waals surface area contributed by atoms with E-state index in [1.807, 2.05) is 143 Å². The van der Waals surface area contributed by atoms with Gasteiger partial charge in [-0.1, -0.05) is 121 Å². The zero-order valence-electron chi connectivity index (χ0n) is 47.2. The third-order valence-electron chi connectivity index (χ3n) is 12.5. The highest BCUT2D eigenvalue weighted by Crippen LogP contribution is 2.32. The van der Waals surface area contributed by atoms with Crippen LogP contribution in [0.1, 0.15) is 98.9 Å². The first-order valence-electron chi connectivity index (χ1n) is 26.5. The molecular weight excluding hydrogens is 1060 g/mol. The molecule has 0 spiro atoms. The van der Waals surface area contributed by atoms with Gasteiger partial charge in [0.15, 0.2) is 24.3 Å². The molecule has 0 bridgehead atoms. The van der Waals surface area contributed by atoms with Gasteiger partial charge in [-0.2, -0.15) is 0 Å². The summed E-state index contributed by atoms with van der Waals surface area (Å²) < 4.78 is 21.5. The molecule has 8 aromatic carbocycles. The highest BCUT2D eigenvalue weighted by Gasteiger charge is 2.24. The van der Waals surface area contributed by atoms with Crippen molar-refractivity contribution in [3.8, 4) is 61.8 Å². The van der Waals surface area contributed by atoms with E-state index < -0.39 is 35.0 Å². The first kappa shape index (κ1) is 59.3. The lowest BCUT2D eigenvalue weighted by molar-refractivity contribution is 0.00581. The van der Waals surface area contributed by atoms with Gasteiger partial charge < -0.3 is 44.9 Å². The molecule has 2 aromatic heterocycles. The minimum atomic E-state index is -1.18. The lowest BCUT2D eigenvalue weighted by Gasteiger charge is -2.21. The molecule has 0 aliphatic rings. The smallest absolute Gasteiger partial charge is 0.340 e. The van der Waals surface area contributed by atoms with Gasteiger partial charge in [0.05, 0.1) is 46.0 Å². The van der Waals surface area contributed by atoms with E-state index in [2.05, 4.69) is 20.6 Å². The molecule has 0 atom stereocenters. The van der Waals surface area contributed by atoms with Crippen LogP contribution in [0.2, 0.25) is 0 Å². The van der Waals surface area contributed by atoms with Crippen LogP contribution in [-0.2, 0) is 9.47 Å². The Hall–Kier alpha value is -10.9. The Morgan fingerprint density at radius 3 is 1.29 bits per heavy atom. The summed E-state index contributed by atoms with van der Waals surface area (Å²) in [6.45, 7) is 12.8. The first-order valence-corrected chi connectivity index (χ1v) is 26.5. The molecule has 16 nitrogen and oxygen atoms in total. The molecule has 2 amide bonds. The summed E-state index contributed by atoms with van der Waals surface area (Å²) in [5, 5.41) is 25.2. The van der Waals surface area contributed by atoms with Gasteiger partial charge in [0.25, 0.3) is 11.8 Å². The van der Waals surface area contributed by atoms with Crippen LogP contribution in [0.3, 0.4) is 0 Å². The Balaban J connectivity index is 0.000000170. The maximum atomic E-state index is 13.4. The molecule has 0 fully saturated rings. The van der Waals surface area contributed by atoms with Crippen molar-refractivity contribution >= 4 is 46.8 Å². The maximum absolute atomic E-state index is 13.4. The summed E-state index contributed by atoms with van der Waals surface area (Å²) >= 11 is 0. The number of nitrogens with two attached hydrogens (primary N) is 1. The molecule has 6 N–H and O–H groups in total. The zero-order valence-corrected chi connectivity index (χ0v) is 47.2. The molecule has 10 aromatic rings. The number of nitrogens with zero attached hydrogens (tertiary/aromatic N) is 2. The Kier molecular flexibility index (Phi) is 18.4. The number of phenols is 1. The number of aromatic hydroxyl groups is 1. The number of aryl methyl sites for hydroxylation is 1. The zero-order chi connectivity index (χ0) is 60.1. The Morgan fingerprint density at radius 2 is 0.845 bits per heavy atom. The van der Waals surface area contributed by atoms with Crippen molar-refractivity contribution in [2.24, 2.45) is 0 Å². The van der Waals surface area contributed by atoms with Crippen molar-refractivity contribution < 1.29 is 52.5 Å².